The molecule has 0 radical (unpaired) electrons. The minimum atomic E-state index is -0.343. The molecule has 4 heteroatoms. The highest BCUT2D eigenvalue weighted by molar-refractivity contribution is 5.89. The van der Waals surface area contributed by atoms with Crippen LogP contribution in [0.5, 0.6) is 5.75 Å². The van der Waals surface area contributed by atoms with E-state index in [0.29, 0.717) is 11.3 Å². The van der Waals surface area contributed by atoms with Crippen LogP contribution in [0.1, 0.15) is 23.2 Å². The Labute approximate surface area is 94.6 Å². The molecule has 2 rings (SSSR count). The van der Waals surface area contributed by atoms with E-state index in [9.17, 15) is 4.79 Å². The maximum Gasteiger partial charge on any atom is 0.337 e. The van der Waals surface area contributed by atoms with E-state index in [0.717, 1.165) is 19.4 Å². The number of esters is 1. The lowest BCUT2D eigenvalue weighted by molar-refractivity contribution is 0.0599. The Morgan fingerprint density at radius 1 is 1.50 bits per heavy atom. The lowest BCUT2D eigenvalue weighted by Gasteiger charge is -2.13. The summed E-state index contributed by atoms with van der Waals surface area (Å²) in [6.45, 7) is 0.987. The van der Waals surface area contributed by atoms with Gasteiger partial charge in [-0.3, -0.25) is 5.32 Å². The standard InChI is InChI=1S/C12H15NO3/c1-15-12(14)9-4-2-5-10(8-9)16-11-6-3-7-13-11/h2,4-5,8,11,13H,3,6-7H2,1H3. The van der Waals surface area contributed by atoms with Crippen LogP contribution in [0, 0.1) is 0 Å². The second-order valence-electron chi connectivity index (χ2n) is 3.72. The Morgan fingerprint density at radius 2 is 2.38 bits per heavy atom. The molecule has 1 fully saturated rings. The highest BCUT2D eigenvalue weighted by Gasteiger charge is 2.15. The largest absolute Gasteiger partial charge is 0.475 e. The number of methoxy groups -OCH3 is 1. The van der Waals surface area contributed by atoms with Gasteiger partial charge in [0.1, 0.15) is 12.0 Å². The van der Waals surface area contributed by atoms with Crippen LogP contribution in [0.25, 0.3) is 0 Å². The number of carbonyl (C=O) groups is 1. The van der Waals surface area contributed by atoms with E-state index >= 15 is 0 Å². The fraction of sp³-hybridized carbons (Fsp3) is 0.417. The van der Waals surface area contributed by atoms with Crippen molar-refractivity contribution in [1.82, 2.24) is 5.32 Å². The van der Waals surface area contributed by atoms with Gasteiger partial charge in [-0.1, -0.05) is 6.07 Å². The minimum Gasteiger partial charge on any atom is -0.475 e. The van der Waals surface area contributed by atoms with Gasteiger partial charge in [0, 0.05) is 0 Å². The smallest absolute Gasteiger partial charge is 0.337 e. The van der Waals surface area contributed by atoms with Crippen molar-refractivity contribution < 1.29 is 14.3 Å². The Balaban J connectivity index is 2.06. The fourth-order valence-corrected chi connectivity index (χ4v) is 1.73. The molecule has 1 unspecified atom stereocenters. The molecule has 1 aliphatic rings. The quantitative estimate of drug-likeness (QED) is 0.787. The van der Waals surface area contributed by atoms with Crippen LogP contribution in [0.4, 0.5) is 0 Å². The van der Waals surface area contributed by atoms with Gasteiger partial charge in [-0.15, -0.1) is 0 Å². The molecular weight excluding hydrogens is 206 g/mol. The van der Waals surface area contributed by atoms with Crippen LogP contribution in [0.3, 0.4) is 0 Å². The molecule has 0 amide bonds. The van der Waals surface area contributed by atoms with Crippen molar-refractivity contribution in [3.05, 3.63) is 29.8 Å². The minimum absolute atomic E-state index is 0.0629. The topological polar surface area (TPSA) is 47.6 Å². The first-order valence-corrected chi connectivity index (χ1v) is 5.38. The van der Waals surface area contributed by atoms with E-state index in [2.05, 4.69) is 10.1 Å². The van der Waals surface area contributed by atoms with E-state index in [1.165, 1.54) is 7.11 Å². The summed E-state index contributed by atoms with van der Waals surface area (Å²) in [5, 5.41) is 3.23. The zero-order valence-electron chi connectivity index (χ0n) is 9.23. The van der Waals surface area contributed by atoms with Crippen LogP contribution < -0.4 is 10.1 Å². The molecule has 1 atom stereocenters. The van der Waals surface area contributed by atoms with Gasteiger partial charge in [-0.25, -0.2) is 4.79 Å². The van der Waals surface area contributed by atoms with Gasteiger partial charge in [-0.05, 0) is 37.6 Å². The summed E-state index contributed by atoms with van der Waals surface area (Å²) in [6, 6.07) is 7.04. The molecule has 0 bridgehead atoms. The number of nitrogens with one attached hydrogen (secondary N) is 1. The third-order valence-electron chi connectivity index (χ3n) is 2.55. The summed E-state index contributed by atoms with van der Waals surface area (Å²) in [7, 11) is 1.37. The Bertz CT molecular complexity index is 372. The van der Waals surface area contributed by atoms with Crippen LogP contribution in [-0.4, -0.2) is 25.9 Å². The van der Waals surface area contributed by atoms with Gasteiger partial charge < -0.3 is 9.47 Å². The third kappa shape index (κ3) is 2.52. The van der Waals surface area contributed by atoms with Crippen LogP contribution in [0.15, 0.2) is 24.3 Å². The molecule has 1 aromatic rings. The van der Waals surface area contributed by atoms with Gasteiger partial charge in [0.15, 0.2) is 0 Å². The number of rotatable bonds is 3. The first-order valence-electron chi connectivity index (χ1n) is 5.38. The predicted molar refractivity (Wildman–Crippen MR) is 59.4 cm³/mol. The molecular formula is C12H15NO3. The van der Waals surface area contributed by atoms with Crippen LogP contribution >= 0.6 is 0 Å². The van der Waals surface area contributed by atoms with Crippen LogP contribution in [-0.2, 0) is 4.74 Å². The van der Waals surface area contributed by atoms with Crippen molar-refractivity contribution in [1.29, 1.82) is 0 Å². The lowest BCUT2D eigenvalue weighted by Crippen LogP contribution is -2.27. The van der Waals surface area contributed by atoms with Gasteiger partial charge in [0.2, 0.25) is 0 Å². The summed E-state index contributed by atoms with van der Waals surface area (Å²) in [6.07, 6.45) is 2.19. The number of carbonyl (C=O) groups excluding carboxylic acids is 1. The zero-order valence-corrected chi connectivity index (χ0v) is 9.23. The maximum atomic E-state index is 11.3. The van der Waals surface area contributed by atoms with Crippen molar-refractivity contribution in [2.45, 2.75) is 19.1 Å². The van der Waals surface area contributed by atoms with Crippen molar-refractivity contribution in [3.8, 4) is 5.75 Å². The van der Waals surface area contributed by atoms with Crippen molar-refractivity contribution in [2.24, 2.45) is 0 Å². The monoisotopic (exact) mass is 221 g/mol. The van der Waals surface area contributed by atoms with Crippen LogP contribution in [0.2, 0.25) is 0 Å². The molecule has 1 aliphatic heterocycles. The fourth-order valence-electron chi connectivity index (χ4n) is 1.73. The molecule has 1 N–H and O–H groups in total. The summed E-state index contributed by atoms with van der Waals surface area (Å²) >= 11 is 0. The Morgan fingerprint density at radius 3 is 3.06 bits per heavy atom. The number of ether oxygens (including phenoxy) is 2. The summed E-state index contributed by atoms with van der Waals surface area (Å²) in [5.41, 5.74) is 0.512. The Kier molecular flexibility index (Phi) is 3.41. The zero-order chi connectivity index (χ0) is 11.4. The molecule has 16 heavy (non-hydrogen) atoms. The first kappa shape index (κ1) is 11.0. The number of hydrogen-bond acceptors (Lipinski definition) is 4. The normalized spacial score (nSPS) is 19.4. The lowest BCUT2D eigenvalue weighted by atomic mass is 10.2. The van der Waals surface area contributed by atoms with Crippen molar-refractivity contribution in [2.75, 3.05) is 13.7 Å². The van der Waals surface area contributed by atoms with E-state index < -0.39 is 0 Å². The molecule has 4 nitrogen and oxygen atoms in total. The molecule has 1 heterocycles. The third-order valence-corrected chi connectivity index (χ3v) is 2.55. The van der Waals surface area contributed by atoms with E-state index in [-0.39, 0.29) is 12.2 Å². The molecule has 1 aromatic carbocycles. The molecule has 0 saturated carbocycles. The highest BCUT2D eigenvalue weighted by Crippen LogP contribution is 2.17. The van der Waals surface area contributed by atoms with Gasteiger partial charge in [-0.2, -0.15) is 0 Å². The van der Waals surface area contributed by atoms with E-state index in [1.54, 1.807) is 18.2 Å². The second-order valence-corrected chi connectivity index (χ2v) is 3.72. The summed E-state index contributed by atoms with van der Waals surface area (Å²) < 4.78 is 10.3. The number of hydrogen-bond donors (Lipinski definition) is 1. The molecule has 0 spiro atoms. The Hall–Kier alpha value is -1.55. The summed E-state index contributed by atoms with van der Waals surface area (Å²) in [5.74, 6) is 0.354. The van der Waals surface area contributed by atoms with Gasteiger partial charge >= 0.3 is 5.97 Å². The predicted octanol–water partition coefficient (Wildman–Crippen LogP) is 1.56. The highest BCUT2D eigenvalue weighted by atomic mass is 16.5. The number of benzene rings is 1. The molecule has 86 valence electrons. The molecule has 0 aromatic heterocycles. The van der Waals surface area contributed by atoms with Gasteiger partial charge in [0.25, 0.3) is 0 Å². The SMILES string of the molecule is COC(=O)c1cccc(OC2CCCN2)c1. The average molecular weight is 221 g/mol. The molecule has 1 saturated heterocycles. The van der Waals surface area contributed by atoms with Crippen molar-refractivity contribution >= 4 is 5.97 Å². The van der Waals surface area contributed by atoms with E-state index in [4.69, 9.17) is 4.74 Å². The van der Waals surface area contributed by atoms with E-state index in [1.807, 2.05) is 6.07 Å². The maximum absolute atomic E-state index is 11.3. The second kappa shape index (κ2) is 4.99. The van der Waals surface area contributed by atoms with Crippen molar-refractivity contribution in [3.63, 3.8) is 0 Å². The van der Waals surface area contributed by atoms with Gasteiger partial charge in [0.05, 0.1) is 12.7 Å². The first-order chi connectivity index (χ1) is 7.79. The average Bonchev–Trinajstić information content (AvgIpc) is 2.81. The summed E-state index contributed by atoms with van der Waals surface area (Å²) in [4.78, 5) is 11.3. The molecule has 0 aliphatic carbocycles.